The van der Waals surface area contributed by atoms with E-state index in [-0.39, 0.29) is 85.0 Å². The van der Waals surface area contributed by atoms with Gasteiger partial charge in [0.25, 0.3) is 16.7 Å². The summed E-state index contributed by atoms with van der Waals surface area (Å²) >= 11 is 0. The van der Waals surface area contributed by atoms with E-state index in [4.69, 9.17) is 110 Å². The molecule has 23 N–H and O–H groups in total. The Labute approximate surface area is 757 Å². The quantitative estimate of drug-likeness (QED) is 0.0600. The Morgan fingerprint density at radius 2 is 0.730 bits per heavy atom. The Balaban J connectivity index is 0.000000132. The molecule has 21 heterocycles. The van der Waals surface area contributed by atoms with Crippen LogP contribution < -0.4 is 39.6 Å². The lowest BCUT2D eigenvalue weighted by atomic mass is 10.1. The van der Waals surface area contributed by atoms with Crippen molar-refractivity contribution in [3.05, 3.63) is 106 Å². The number of nitrogens with two attached hydrogens (primary N) is 4. The van der Waals surface area contributed by atoms with Gasteiger partial charge in [0.1, 0.15) is 139 Å². The number of H-pyrrole nitrogens is 3. The molecule has 0 saturated carbocycles. The van der Waals surface area contributed by atoms with E-state index in [2.05, 4.69) is 84.7 Å². The number of nitrogens with one attached hydrogen (secondary N) is 3. The van der Waals surface area contributed by atoms with Crippen molar-refractivity contribution in [2.24, 2.45) is 0 Å². The number of aromatic nitrogens is 23. The van der Waals surface area contributed by atoms with Crippen molar-refractivity contribution < 1.29 is 175 Å². The zero-order valence-electron chi connectivity index (χ0n) is 69.1. The number of phosphoric ester groups is 6. The molecule has 9 fully saturated rings. The highest BCUT2D eigenvalue weighted by Crippen LogP contribution is 2.59. The molecule has 0 aliphatic carbocycles. The van der Waals surface area contributed by atoms with E-state index in [1.54, 1.807) is 0 Å². The summed E-state index contributed by atoms with van der Waals surface area (Å²) in [6, 6.07) is 1.48. The smallest absolute Gasteiger partial charge is 0.387 e. The number of nitrogens with zero attached hydrogens (tertiary/aromatic N) is 20. The van der Waals surface area contributed by atoms with Gasteiger partial charge in [-0.1, -0.05) is 0 Å². The summed E-state index contributed by atoms with van der Waals surface area (Å²) < 4.78 is 189. The summed E-state index contributed by atoms with van der Waals surface area (Å²) in [5.41, 5.74) is 22.5. The predicted octanol–water partition coefficient (Wildman–Crippen LogP) is -5.40. The van der Waals surface area contributed by atoms with Gasteiger partial charge in [0, 0.05) is 19.7 Å². The number of aliphatic hydroxyl groups excluding tert-OH is 6. The SMILES string of the molecule is COCCc1ncnc2c1ncn2[C@@H]1O[C@@H]2COP(=O)(O)O[C@@H]3[C@H](O)[C@@H](COP(=O)(O)O[C@H]2[C@H]1O)O[C@H]3n1cnc2c(=O)[nH]c(N)nc21.Nc1ncc2ncn([C@@H]3O[C@@H]4COP(=O)(O)O[C@@H]5[C@H](O)[C@@H](COP(=O)(O)O[C@H]4[C@H]3O)O[C@H]5n3cnc4c(=O)[nH]c(N)nc43)c2n1.Nc1ncnc2c1ncn2[C@@H]1O[C@@H]2COP(=O)(O)O[C@@H]3[C@H](O)[C@@H](COP(=O)(O)O[C@H]2[C@H]1O)O[C@H]3n1cnc2c(=O)[nH]ccc21. The number of fused-ring (bicyclic) bond motifs is 15. The normalized spacial score (nSPS) is 37.3. The van der Waals surface area contributed by atoms with Gasteiger partial charge in [0.05, 0.1) is 102 Å². The molecule has 9 aliphatic heterocycles. The first-order valence-corrected chi connectivity index (χ1v) is 49.0. The van der Waals surface area contributed by atoms with Crippen LogP contribution in [0.4, 0.5) is 23.7 Å². The molecule has 6 bridgehead atoms. The number of imidazole rings is 6. The van der Waals surface area contributed by atoms with Crippen molar-refractivity contribution in [2.75, 3.05) is 76.3 Å². The van der Waals surface area contributed by atoms with Crippen molar-refractivity contribution in [1.29, 1.82) is 0 Å². The van der Waals surface area contributed by atoms with E-state index >= 15 is 0 Å². The Hall–Kier alpha value is -9.89. The number of hydrogen-bond donors (Lipinski definition) is 19. The number of phosphoric acid groups is 6. The lowest BCUT2D eigenvalue weighted by Gasteiger charge is -2.26. The van der Waals surface area contributed by atoms with Crippen LogP contribution in [0.5, 0.6) is 0 Å². The number of aliphatic hydroxyl groups is 6. The van der Waals surface area contributed by atoms with E-state index in [1.807, 2.05) is 0 Å². The number of anilines is 4. The van der Waals surface area contributed by atoms with Crippen LogP contribution in [-0.2, 0) is 121 Å². The van der Waals surface area contributed by atoms with Crippen LogP contribution in [0.1, 0.15) is 43.1 Å². The van der Waals surface area contributed by atoms with E-state index in [9.17, 15) is 102 Å². The maximum atomic E-state index is 13.3. The van der Waals surface area contributed by atoms with Gasteiger partial charge in [-0.3, -0.25) is 101 Å². The highest BCUT2D eigenvalue weighted by atomic mass is 31.2. The first-order chi connectivity index (χ1) is 65.1. The van der Waals surface area contributed by atoms with Gasteiger partial charge in [-0.05, 0) is 6.07 Å². The second-order valence-corrected chi connectivity index (χ2v) is 39.6. The number of methoxy groups -OCH3 is 1. The maximum absolute atomic E-state index is 13.3. The van der Waals surface area contributed by atoms with Crippen LogP contribution >= 0.6 is 46.9 Å². The number of pyridine rings is 1. The molecule has 0 amide bonds. The summed E-state index contributed by atoms with van der Waals surface area (Å²) in [6.45, 7) is -4.52. The van der Waals surface area contributed by atoms with E-state index < -0.39 is 250 Å². The fraction of sp³-hybridized carbons (Fsp3) is 0.516. The van der Waals surface area contributed by atoms with Gasteiger partial charge in [0.2, 0.25) is 17.8 Å². The molecule has 12 aromatic heterocycles. The number of aromatic amines is 3. The van der Waals surface area contributed by atoms with Crippen molar-refractivity contribution in [1.82, 2.24) is 112 Å². The molecule has 9 saturated heterocycles. The average Bonchev–Trinajstić information content (AvgIpc) is 1.62. The van der Waals surface area contributed by atoms with Gasteiger partial charge in [-0.15, -0.1) is 0 Å². The molecule has 137 heavy (non-hydrogen) atoms. The zero-order valence-corrected chi connectivity index (χ0v) is 74.5. The van der Waals surface area contributed by atoms with Crippen LogP contribution in [0.15, 0.2) is 83.5 Å². The van der Waals surface area contributed by atoms with Crippen molar-refractivity contribution in [3.63, 3.8) is 0 Å². The van der Waals surface area contributed by atoms with Crippen LogP contribution in [0, 0.1) is 0 Å². The summed E-state index contributed by atoms with van der Waals surface area (Å²) in [4.78, 5) is 164. The van der Waals surface area contributed by atoms with Gasteiger partial charge in [-0.2, -0.15) is 15.0 Å². The maximum Gasteiger partial charge on any atom is 0.472 e. The second-order valence-electron chi connectivity index (χ2n) is 31.1. The van der Waals surface area contributed by atoms with Crippen LogP contribution in [0.3, 0.4) is 0 Å². The van der Waals surface area contributed by atoms with E-state index in [0.717, 1.165) is 28.1 Å². The number of ether oxygens (including phenoxy) is 7. The Morgan fingerprint density at radius 3 is 1.17 bits per heavy atom. The molecule has 6 unspecified atom stereocenters. The highest BCUT2D eigenvalue weighted by molar-refractivity contribution is 7.48. The molecular weight excluding hydrogens is 1970 g/mol. The highest BCUT2D eigenvalue weighted by Gasteiger charge is 2.59. The molecule has 73 heteroatoms. The van der Waals surface area contributed by atoms with Crippen LogP contribution in [0.2, 0.25) is 0 Å². The summed E-state index contributed by atoms with van der Waals surface area (Å²) in [6.07, 6.45) is -24.9. The van der Waals surface area contributed by atoms with Gasteiger partial charge in [0.15, 0.2) is 88.0 Å². The predicted molar refractivity (Wildman–Crippen MR) is 439 cm³/mol. The monoisotopic (exact) mass is 2050 g/mol. The molecule has 21 rings (SSSR count). The molecule has 738 valence electrons. The molecule has 30 atom stereocenters. The van der Waals surface area contributed by atoms with Crippen molar-refractivity contribution in [3.8, 4) is 0 Å². The average molecular weight is 2050 g/mol. The van der Waals surface area contributed by atoms with Gasteiger partial charge < -0.3 is 126 Å². The topological polar surface area (TPSA) is 933 Å². The Kier molecular flexibility index (Phi) is 25.9. The third kappa shape index (κ3) is 18.8. The number of hydrogen-bond acceptors (Lipinski definition) is 52. The van der Waals surface area contributed by atoms with Crippen LogP contribution in [-0.4, -0.2) is 335 Å². The largest absolute Gasteiger partial charge is 0.472 e. The second kappa shape index (κ2) is 37.0. The first-order valence-electron chi connectivity index (χ1n) is 40.1. The first kappa shape index (κ1) is 96.0. The molecular formula is C64H77N27O40P6. The molecule has 12 aromatic rings. The minimum absolute atomic E-state index is 0.00694. The number of nitrogen functional groups attached to an aromatic ring is 4. The summed E-state index contributed by atoms with van der Waals surface area (Å²) in [7, 11) is -28.9. The molecule has 0 radical (unpaired) electrons. The molecule has 67 nitrogen and oxygen atoms in total. The lowest BCUT2D eigenvalue weighted by molar-refractivity contribution is -0.0673. The van der Waals surface area contributed by atoms with Gasteiger partial charge >= 0.3 is 46.9 Å². The standard InChI is InChI=1S/C23H29N9O14P2.C21H24N8O13P2.C20H24N10O13P2/c1-40-3-2-9-12-18(26-6-25-9)31(7-27-12)21-15(34)16-11(44-21)5-42-48(38,39)46-17-14(33)10(4-41-47(36,37)45-16)43-22(17)32-8-28-13-19(32)29-23(24)30-20(13)35;22-17-12-18(25-5-24-17)29(7-27-12)20-14(31)15-10(40-20)4-38-44(35,36)42-16-13(30)9(3-37-43(33,34)41-15)39-21(16)28-6-26-11-8(28)1-2-23-19(11)32;21-19-23-1-6-14(26-19)29(4-24-6)17-11(32)12-8(41-17)3-39-45(36,37)43-13-10(31)7(2-38-44(34,35)42-12)40-18(13)30-5-25-9-15(30)27-20(22)28-16(9)33/h6-8,10-11,14-17,21-22,33-34H,2-5H2,1H3,(H,36,37)(H,38,39)(H3,24,29,30,35);1-2,5-7,9-10,13-16,20-21,30-31H,3-4H2,(H,23,32)(H,33,34)(H,35,36)(H2,22,24,25);1,4-5,7-8,10-13,17-18,31-32H,2-3H2,(H,34,35)(H,36,37)(H2,21,23,26)(H3,22,27,28,33)/t10-,11-,14-,15-,16-,17-,21-,22-;9-,10-,13-,14-,15-,16-,20-,21-;7-,8-,10-,11-,12-,13-,17-,18-/m111/s1. The molecule has 0 spiro atoms. The lowest BCUT2D eigenvalue weighted by Crippen LogP contribution is -2.36. The van der Waals surface area contributed by atoms with Gasteiger partial charge in [-0.25, -0.2) is 82.2 Å². The summed E-state index contributed by atoms with van der Waals surface area (Å²) in [5, 5.41) is 66.6. The zero-order chi connectivity index (χ0) is 96.8. The Morgan fingerprint density at radius 1 is 0.380 bits per heavy atom. The Bertz CT molecular complexity index is 7110. The van der Waals surface area contributed by atoms with Crippen molar-refractivity contribution >= 4 is 137 Å². The molecule has 0 aromatic carbocycles. The molecule has 9 aliphatic rings. The van der Waals surface area contributed by atoms with E-state index in [1.165, 1.54) is 75.5 Å². The third-order valence-corrected chi connectivity index (χ3v) is 28.5. The fourth-order valence-electron chi connectivity index (χ4n) is 16.3. The summed E-state index contributed by atoms with van der Waals surface area (Å²) in [5.74, 6) is -0.635. The third-order valence-electron chi connectivity index (χ3n) is 22.6. The van der Waals surface area contributed by atoms with Crippen LogP contribution in [0.25, 0.3) is 66.9 Å². The fourth-order valence-corrected chi connectivity index (χ4v) is 22.0. The van der Waals surface area contributed by atoms with Crippen molar-refractivity contribution in [2.45, 2.75) is 154 Å². The number of rotatable bonds is 9. The minimum Gasteiger partial charge on any atom is -0.387 e. The van der Waals surface area contributed by atoms with E-state index in [0.29, 0.717) is 24.2 Å². The minimum atomic E-state index is -5.12.